The number of hydrogen-bond acceptors (Lipinski definition) is 3. The van der Waals surface area contributed by atoms with E-state index in [4.69, 9.17) is 4.89 Å². The largest absolute Gasteiger partial charge is 0.206 e. The zero-order chi connectivity index (χ0) is 8.49. The van der Waals surface area contributed by atoms with Crippen molar-refractivity contribution in [1.82, 2.24) is 0 Å². The first-order valence-electron chi connectivity index (χ1n) is 4.77. The lowest BCUT2D eigenvalue weighted by Crippen LogP contribution is -1.98. The SMILES string of the molecule is [CH]1CCCCCCCCOOO1. The van der Waals surface area contributed by atoms with Crippen LogP contribution in [0.25, 0.3) is 0 Å². The monoisotopic (exact) mass is 173 g/mol. The van der Waals surface area contributed by atoms with Crippen molar-refractivity contribution in [3.8, 4) is 0 Å². The van der Waals surface area contributed by atoms with Gasteiger partial charge in [-0.3, -0.25) is 0 Å². The molecule has 0 atom stereocenters. The minimum atomic E-state index is 0.633. The van der Waals surface area contributed by atoms with Crippen molar-refractivity contribution in [1.29, 1.82) is 0 Å². The highest BCUT2D eigenvalue weighted by atomic mass is 17.5. The van der Waals surface area contributed by atoms with Crippen molar-refractivity contribution in [3.63, 3.8) is 0 Å². The predicted octanol–water partition coefficient (Wildman–Crippen LogP) is 2.77. The summed E-state index contributed by atoms with van der Waals surface area (Å²) in [5.41, 5.74) is 0. The van der Waals surface area contributed by atoms with Gasteiger partial charge in [-0.05, 0) is 12.8 Å². The van der Waals surface area contributed by atoms with Gasteiger partial charge in [0.25, 0.3) is 0 Å². The van der Waals surface area contributed by atoms with Crippen molar-refractivity contribution in [3.05, 3.63) is 6.61 Å². The molecule has 0 amide bonds. The molecule has 1 fully saturated rings. The van der Waals surface area contributed by atoms with Crippen molar-refractivity contribution in [2.24, 2.45) is 0 Å². The Morgan fingerprint density at radius 3 is 2.50 bits per heavy atom. The maximum atomic E-state index is 4.75. The third-order valence-electron chi connectivity index (χ3n) is 1.96. The van der Waals surface area contributed by atoms with Gasteiger partial charge in [-0.15, -0.1) is 0 Å². The molecule has 0 aromatic carbocycles. The lowest BCUT2D eigenvalue weighted by Gasteiger charge is -2.05. The Hall–Kier alpha value is -0.120. The second kappa shape index (κ2) is 7.53. The van der Waals surface area contributed by atoms with Crippen molar-refractivity contribution in [2.75, 3.05) is 6.61 Å². The minimum Gasteiger partial charge on any atom is -0.206 e. The van der Waals surface area contributed by atoms with Crippen molar-refractivity contribution in [2.45, 2.75) is 44.9 Å². The topological polar surface area (TPSA) is 27.7 Å². The molecule has 0 N–H and O–H groups in total. The quantitative estimate of drug-likeness (QED) is 0.527. The fourth-order valence-electron chi connectivity index (χ4n) is 1.23. The Balaban J connectivity index is 2.00. The molecule has 0 aliphatic carbocycles. The van der Waals surface area contributed by atoms with Gasteiger partial charge in [-0.25, -0.2) is 4.89 Å². The van der Waals surface area contributed by atoms with E-state index in [1.807, 2.05) is 0 Å². The first-order valence-corrected chi connectivity index (χ1v) is 4.77. The molecule has 3 heteroatoms. The second-order valence-corrected chi connectivity index (χ2v) is 3.06. The van der Waals surface area contributed by atoms with Crippen LogP contribution < -0.4 is 0 Å². The van der Waals surface area contributed by atoms with E-state index < -0.39 is 0 Å². The molecule has 0 aromatic heterocycles. The van der Waals surface area contributed by atoms with Crippen LogP contribution in [0.2, 0.25) is 0 Å². The predicted molar refractivity (Wildman–Crippen MR) is 44.7 cm³/mol. The molecule has 0 bridgehead atoms. The summed E-state index contributed by atoms with van der Waals surface area (Å²) in [5, 5.41) is 4.45. The summed E-state index contributed by atoms with van der Waals surface area (Å²) >= 11 is 0. The Bertz CT molecular complexity index is 52.8. The van der Waals surface area contributed by atoms with Crippen molar-refractivity contribution >= 4 is 0 Å². The molecule has 0 aromatic rings. The van der Waals surface area contributed by atoms with Gasteiger partial charge in [0.2, 0.25) is 0 Å². The average Bonchev–Trinajstić information content (AvgIpc) is 2.05. The normalized spacial score (nSPS) is 24.0. The molecule has 0 saturated carbocycles. The van der Waals surface area contributed by atoms with Gasteiger partial charge < -0.3 is 0 Å². The van der Waals surface area contributed by atoms with Crippen LogP contribution in [0, 0.1) is 6.61 Å². The Morgan fingerprint density at radius 2 is 1.58 bits per heavy atom. The van der Waals surface area contributed by atoms with E-state index in [0.717, 1.165) is 12.8 Å². The van der Waals surface area contributed by atoms with E-state index in [2.05, 4.69) is 9.93 Å². The van der Waals surface area contributed by atoms with Crippen LogP contribution in [0.5, 0.6) is 0 Å². The zero-order valence-corrected chi connectivity index (χ0v) is 7.46. The van der Waals surface area contributed by atoms with Gasteiger partial charge in [-0.2, -0.15) is 4.89 Å². The van der Waals surface area contributed by atoms with Gasteiger partial charge in [0.15, 0.2) is 0 Å². The summed E-state index contributed by atoms with van der Waals surface area (Å²) in [6.45, 7) is 2.29. The molecule has 1 saturated heterocycles. The summed E-state index contributed by atoms with van der Waals surface area (Å²) in [4.78, 5) is 9.41. The first-order chi connectivity index (χ1) is 6.00. The summed E-state index contributed by atoms with van der Waals surface area (Å²) < 4.78 is 0. The third-order valence-corrected chi connectivity index (χ3v) is 1.96. The molecule has 71 valence electrons. The Kier molecular flexibility index (Phi) is 6.25. The lowest BCUT2D eigenvalue weighted by atomic mass is 10.1. The Morgan fingerprint density at radius 1 is 0.833 bits per heavy atom. The lowest BCUT2D eigenvalue weighted by molar-refractivity contribution is -0.499. The maximum absolute atomic E-state index is 4.75. The van der Waals surface area contributed by atoms with Gasteiger partial charge >= 0.3 is 0 Å². The summed E-state index contributed by atoms with van der Waals surface area (Å²) in [5.74, 6) is 0. The molecular formula is C9H17O3. The minimum absolute atomic E-state index is 0.633. The van der Waals surface area contributed by atoms with Crippen LogP contribution in [0.15, 0.2) is 0 Å². The second-order valence-electron chi connectivity index (χ2n) is 3.06. The molecule has 1 heterocycles. The summed E-state index contributed by atoms with van der Waals surface area (Å²) in [6.07, 6.45) is 8.35. The van der Waals surface area contributed by atoms with Crippen LogP contribution in [0.3, 0.4) is 0 Å². The fraction of sp³-hybridized carbons (Fsp3) is 0.889. The van der Waals surface area contributed by atoms with E-state index in [9.17, 15) is 0 Å². The molecule has 12 heavy (non-hydrogen) atoms. The highest BCUT2D eigenvalue weighted by Crippen LogP contribution is 2.09. The fourth-order valence-corrected chi connectivity index (χ4v) is 1.23. The third kappa shape index (κ3) is 5.52. The van der Waals surface area contributed by atoms with E-state index >= 15 is 0 Å². The molecule has 1 aliphatic rings. The number of rotatable bonds is 0. The maximum Gasteiger partial charge on any atom is 0.125 e. The summed E-state index contributed by atoms with van der Waals surface area (Å²) in [7, 11) is 0. The van der Waals surface area contributed by atoms with Gasteiger partial charge in [0, 0.05) is 0 Å². The molecule has 3 nitrogen and oxygen atoms in total. The standard InChI is InChI=1S/C9H17O3/c1-2-4-6-8-10-12-11-9-7-5-3-1/h8H,1-7,9H2. The van der Waals surface area contributed by atoms with Crippen LogP contribution in [0.4, 0.5) is 0 Å². The van der Waals surface area contributed by atoms with E-state index in [1.54, 1.807) is 6.61 Å². The summed E-state index contributed by atoms with van der Waals surface area (Å²) in [6, 6.07) is 0. The molecule has 1 radical (unpaired) electrons. The van der Waals surface area contributed by atoms with Crippen LogP contribution >= 0.6 is 0 Å². The highest BCUT2D eigenvalue weighted by Gasteiger charge is 1.97. The number of hydrogen-bond donors (Lipinski definition) is 0. The van der Waals surface area contributed by atoms with Crippen LogP contribution in [-0.2, 0) is 14.8 Å². The van der Waals surface area contributed by atoms with E-state index in [-0.39, 0.29) is 0 Å². The molecule has 1 aliphatic heterocycles. The van der Waals surface area contributed by atoms with E-state index in [0.29, 0.717) is 6.61 Å². The zero-order valence-electron chi connectivity index (χ0n) is 7.46. The molecule has 0 unspecified atom stereocenters. The molecule has 0 spiro atoms. The van der Waals surface area contributed by atoms with Crippen LogP contribution in [-0.4, -0.2) is 6.61 Å². The van der Waals surface area contributed by atoms with Gasteiger partial charge in [-0.1, -0.05) is 37.1 Å². The van der Waals surface area contributed by atoms with Crippen LogP contribution in [0.1, 0.15) is 44.9 Å². The smallest absolute Gasteiger partial charge is 0.125 e. The van der Waals surface area contributed by atoms with Crippen molar-refractivity contribution < 1.29 is 14.8 Å². The molecular weight excluding hydrogens is 156 g/mol. The average molecular weight is 173 g/mol. The van der Waals surface area contributed by atoms with Gasteiger partial charge in [0.05, 0.1) is 6.61 Å². The Labute approximate surface area is 73.9 Å². The first kappa shape index (κ1) is 9.96. The molecule has 1 rings (SSSR count). The van der Waals surface area contributed by atoms with E-state index in [1.165, 1.54) is 32.1 Å². The van der Waals surface area contributed by atoms with Gasteiger partial charge in [0.1, 0.15) is 6.61 Å². The highest BCUT2D eigenvalue weighted by molar-refractivity contribution is 4.51.